The molecular formula is C14H16ClF2NO. The molecule has 0 aromatic heterocycles. The van der Waals surface area contributed by atoms with Gasteiger partial charge in [0.15, 0.2) is 0 Å². The Morgan fingerprint density at radius 2 is 2.05 bits per heavy atom. The Hall–Kier alpha value is -1.16. The maximum absolute atomic E-state index is 13.5. The molecule has 1 amide bonds. The average Bonchev–Trinajstić information content (AvgIpc) is 3.12. The van der Waals surface area contributed by atoms with Gasteiger partial charge in [0.1, 0.15) is 11.6 Å². The van der Waals surface area contributed by atoms with Crippen molar-refractivity contribution in [1.29, 1.82) is 0 Å². The number of carbonyl (C=O) groups excluding carboxylic acids is 1. The monoisotopic (exact) mass is 287 g/mol. The molecule has 19 heavy (non-hydrogen) atoms. The van der Waals surface area contributed by atoms with E-state index in [0.29, 0.717) is 12.4 Å². The van der Waals surface area contributed by atoms with Crippen LogP contribution in [0.4, 0.5) is 8.78 Å². The second kappa shape index (κ2) is 5.45. The maximum Gasteiger partial charge on any atom is 0.254 e. The lowest BCUT2D eigenvalue weighted by molar-refractivity contribution is 0.0940. The van der Waals surface area contributed by atoms with Crippen molar-refractivity contribution in [1.82, 2.24) is 5.32 Å². The summed E-state index contributed by atoms with van der Waals surface area (Å²) >= 11 is 5.71. The molecule has 0 heterocycles. The van der Waals surface area contributed by atoms with Crippen molar-refractivity contribution in [2.75, 3.05) is 12.4 Å². The van der Waals surface area contributed by atoms with Gasteiger partial charge in [-0.05, 0) is 43.2 Å². The van der Waals surface area contributed by atoms with Crippen LogP contribution in [-0.2, 0) is 0 Å². The van der Waals surface area contributed by atoms with Crippen LogP contribution in [0.1, 0.15) is 35.2 Å². The number of rotatable bonds is 5. The summed E-state index contributed by atoms with van der Waals surface area (Å²) in [7, 11) is 0. The molecule has 0 bridgehead atoms. The molecule has 1 aromatic rings. The Labute approximate surface area is 116 Å². The van der Waals surface area contributed by atoms with Crippen molar-refractivity contribution in [2.24, 2.45) is 5.41 Å². The minimum Gasteiger partial charge on any atom is -0.351 e. The first-order chi connectivity index (χ1) is 8.97. The van der Waals surface area contributed by atoms with E-state index in [0.717, 1.165) is 25.3 Å². The van der Waals surface area contributed by atoms with Crippen LogP contribution in [0.15, 0.2) is 12.1 Å². The van der Waals surface area contributed by atoms with E-state index in [1.54, 1.807) is 0 Å². The summed E-state index contributed by atoms with van der Waals surface area (Å²) in [5.41, 5.74) is 0.234. The molecule has 1 fully saturated rings. The van der Waals surface area contributed by atoms with Gasteiger partial charge in [0, 0.05) is 18.5 Å². The quantitative estimate of drug-likeness (QED) is 0.826. The molecule has 1 aromatic carbocycles. The van der Waals surface area contributed by atoms with E-state index >= 15 is 0 Å². The average molecular weight is 288 g/mol. The lowest BCUT2D eigenvalue weighted by atomic mass is 10.0. The van der Waals surface area contributed by atoms with E-state index in [1.807, 2.05) is 0 Å². The third-order valence-corrected chi connectivity index (χ3v) is 3.89. The Balaban J connectivity index is 2.02. The van der Waals surface area contributed by atoms with Gasteiger partial charge in [-0.3, -0.25) is 4.79 Å². The lowest BCUT2D eigenvalue weighted by Gasteiger charge is -2.15. The fourth-order valence-electron chi connectivity index (χ4n) is 2.09. The highest BCUT2D eigenvalue weighted by Crippen LogP contribution is 2.48. The molecular weight excluding hydrogens is 272 g/mol. The topological polar surface area (TPSA) is 29.1 Å². The summed E-state index contributed by atoms with van der Waals surface area (Å²) in [6, 6.07) is 1.98. The van der Waals surface area contributed by atoms with Crippen molar-refractivity contribution in [2.45, 2.75) is 26.2 Å². The van der Waals surface area contributed by atoms with E-state index < -0.39 is 17.5 Å². The summed E-state index contributed by atoms with van der Waals surface area (Å²) < 4.78 is 26.7. The minimum absolute atomic E-state index is 0.0863. The smallest absolute Gasteiger partial charge is 0.254 e. The van der Waals surface area contributed by atoms with Gasteiger partial charge in [-0.15, -0.1) is 11.6 Å². The number of alkyl halides is 1. The van der Waals surface area contributed by atoms with Crippen LogP contribution in [0, 0.1) is 24.0 Å². The lowest BCUT2D eigenvalue weighted by Crippen LogP contribution is -2.31. The van der Waals surface area contributed by atoms with Crippen LogP contribution < -0.4 is 5.32 Å². The molecule has 0 radical (unpaired) electrons. The summed E-state index contributed by atoms with van der Waals surface area (Å²) in [6.45, 7) is 2.00. The van der Waals surface area contributed by atoms with Gasteiger partial charge in [-0.25, -0.2) is 8.78 Å². The van der Waals surface area contributed by atoms with E-state index in [4.69, 9.17) is 11.6 Å². The number of hydrogen-bond donors (Lipinski definition) is 1. The number of nitrogens with one attached hydrogen (secondary N) is 1. The van der Waals surface area contributed by atoms with Gasteiger partial charge >= 0.3 is 0 Å². The molecule has 0 aliphatic heterocycles. The maximum atomic E-state index is 13.5. The molecule has 1 aliphatic rings. The van der Waals surface area contributed by atoms with E-state index in [2.05, 4.69) is 5.32 Å². The van der Waals surface area contributed by atoms with Crippen molar-refractivity contribution in [3.8, 4) is 0 Å². The molecule has 0 unspecified atom stereocenters. The fourth-order valence-corrected chi connectivity index (χ4v) is 2.49. The van der Waals surface area contributed by atoms with Gasteiger partial charge < -0.3 is 5.32 Å². The first kappa shape index (κ1) is 14.3. The Kier molecular flexibility index (Phi) is 4.09. The Morgan fingerprint density at radius 3 is 2.63 bits per heavy atom. The second-order valence-corrected chi connectivity index (χ2v) is 5.58. The highest BCUT2D eigenvalue weighted by molar-refractivity contribution is 6.17. The Morgan fingerprint density at radius 1 is 1.37 bits per heavy atom. The first-order valence-corrected chi connectivity index (χ1v) is 6.81. The molecule has 0 saturated heterocycles. The molecule has 2 rings (SSSR count). The molecule has 5 heteroatoms. The van der Waals surface area contributed by atoms with Gasteiger partial charge in [0.2, 0.25) is 0 Å². The third-order valence-electron chi connectivity index (χ3n) is 3.70. The molecule has 104 valence electrons. The number of amides is 1. The van der Waals surface area contributed by atoms with Crippen molar-refractivity contribution < 1.29 is 13.6 Å². The van der Waals surface area contributed by atoms with Gasteiger partial charge in [-0.1, -0.05) is 0 Å². The number of benzene rings is 1. The highest BCUT2D eigenvalue weighted by Gasteiger charge is 2.41. The van der Waals surface area contributed by atoms with E-state index in [9.17, 15) is 13.6 Å². The van der Waals surface area contributed by atoms with Crippen LogP contribution in [0.25, 0.3) is 0 Å². The normalized spacial score (nSPS) is 16.2. The molecule has 0 spiro atoms. The zero-order valence-electron chi connectivity index (χ0n) is 10.7. The number of aryl methyl sites for hydroxylation is 1. The highest BCUT2D eigenvalue weighted by atomic mass is 35.5. The standard InChI is InChI=1S/C14H16ClF2NO/c1-9-6-10(12(17)7-11(9)16)13(19)18-8-14(2-3-14)4-5-15/h6-7H,2-5,8H2,1H3,(H,18,19). The minimum atomic E-state index is -0.831. The third kappa shape index (κ3) is 3.24. The van der Waals surface area contributed by atoms with Crippen LogP contribution >= 0.6 is 11.6 Å². The zero-order chi connectivity index (χ0) is 14.0. The van der Waals surface area contributed by atoms with Crippen LogP contribution in [0.5, 0.6) is 0 Å². The fraction of sp³-hybridized carbons (Fsp3) is 0.500. The van der Waals surface area contributed by atoms with Crippen molar-refractivity contribution >= 4 is 17.5 Å². The molecule has 1 N–H and O–H groups in total. The predicted octanol–water partition coefficient (Wildman–Crippen LogP) is 3.41. The zero-order valence-corrected chi connectivity index (χ0v) is 11.5. The molecule has 2 nitrogen and oxygen atoms in total. The molecule has 1 aliphatic carbocycles. The van der Waals surface area contributed by atoms with Crippen molar-refractivity contribution in [3.63, 3.8) is 0 Å². The summed E-state index contributed by atoms with van der Waals surface area (Å²) in [5.74, 6) is -1.42. The summed E-state index contributed by atoms with van der Waals surface area (Å²) in [6.07, 6.45) is 2.91. The SMILES string of the molecule is Cc1cc(C(=O)NCC2(CCCl)CC2)c(F)cc1F. The summed E-state index contributed by atoms with van der Waals surface area (Å²) in [5, 5.41) is 2.71. The van der Waals surface area contributed by atoms with Crippen LogP contribution in [-0.4, -0.2) is 18.3 Å². The van der Waals surface area contributed by atoms with Crippen LogP contribution in [0.3, 0.4) is 0 Å². The van der Waals surface area contributed by atoms with Gasteiger partial charge in [0.05, 0.1) is 5.56 Å². The number of hydrogen-bond acceptors (Lipinski definition) is 1. The largest absolute Gasteiger partial charge is 0.351 e. The van der Waals surface area contributed by atoms with Gasteiger partial charge in [0.25, 0.3) is 5.91 Å². The van der Waals surface area contributed by atoms with Gasteiger partial charge in [-0.2, -0.15) is 0 Å². The predicted molar refractivity (Wildman–Crippen MR) is 70.4 cm³/mol. The molecule has 1 saturated carbocycles. The van der Waals surface area contributed by atoms with Crippen molar-refractivity contribution in [3.05, 3.63) is 34.9 Å². The molecule has 0 atom stereocenters. The van der Waals surface area contributed by atoms with Crippen LogP contribution in [0.2, 0.25) is 0 Å². The Bertz CT molecular complexity index is 500. The first-order valence-electron chi connectivity index (χ1n) is 6.27. The second-order valence-electron chi connectivity index (χ2n) is 5.20. The number of carbonyl (C=O) groups is 1. The van der Waals surface area contributed by atoms with E-state index in [1.165, 1.54) is 13.0 Å². The van der Waals surface area contributed by atoms with E-state index in [-0.39, 0.29) is 16.5 Å². The summed E-state index contributed by atoms with van der Waals surface area (Å²) in [4.78, 5) is 11.9. The number of halogens is 3.